The minimum atomic E-state index is -4.53. The first-order valence-corrected chi connectivity index (χ1v) is 6.62. The number of nitrogens with zero attached hydrogens (tertiary/aromatic N) is 2. The van der Waals surface area contributed by atoms with Crippen LogP contribution in [0.15, 0.2) is 18.2 Å². The maximum absolute atomic E-state index is 12.8. The number of hydrogen-bond acceptors (Lipinski definition) is 3. The zero-order valence-electron chi connectivity index (χ0n) is 12.4. The Labute approximate surface area is 129 Å². The van der Waals surface area contributed by atoms with Crippen LogP contribution < -0.4 is 5.32 Å². The van der Waals surface area contributed by atoms with Crippen molar-refractivity contribution in [2.45, 2.75) is 13.1 Å². The number of halogens is 3. The molecule has 0 unspecified atom stereocenters. The van der Waals surface area contributed by atoms with Gasteiger partial charge in [-0.15, -0.1) is 0 Å². The predicted molar refractivity (Wildman–Crippen MR) is 74.5 cm³/mol. The minimum absolute atomic E-state index is 0.0297. The van der Waals surface area contributed by atoms with Crippen LogP contribution in [0.1, 0.15) is 11.1 Å². The summed E-state index contributed by atoms with van der Waals surface area (Å²) < 4.78 is 38.5. The highest BCUT2D eigenvalue weighted by molar-refractivity contribution is 6.06. The summed E-state index contributed by atoms with van der Waals surface area (Å²) in [6.45, 7) is 0.637. The number of aryl methyl sites for hydroxylation is 1. The zero-order valence-corrected chi connectivity index (χ0v) is 12.4. The number of amides is 4. The van der Waals surface area contributed by atoms with E-state index in [4.69, 9.17) is 0 Å². The largest absolute Gasteiger partial charge is 0.416 e. The highest BCUT2D eigenvalue weighted by atomic mass is 19.4. The molecule has 6 nitrogen and oxygen atoms in total. The average Bonchev–Trinajstić information content (AvgIpc) is 2.66. The lowest BCUT2D eigenvalue weighted by molar-refractivity contribution is -0.138. The van der Waals surface area contributed by atoms with Crippen LogP contribution in [0.5, 0.6) is 0 Å². The van der Waals surface area contributed by atoms with Gasteiger partial charge in [0.15, 0.2) is 0 Å². The predicted octanol–water partition coefficient (Wildman–Crippen LogP) is 1.85. The first kappa shape index (κ1) is 16.8. The molecule has 1 N–H and O–H groups in total. The van der Waals surface area contributed by atoms with Gasteiger partial charge >= 0.3 is 12.2 Å². The number of carbonyl (C=O) groups excluding carboxylic acids is 3. The number of alkyl halides is 3. The molecule has 1 aromatic carbocycles. The van der Waals surface area contributed by atoms with Crippen LogP contribution in [-0.2, 0) is 15.8 Å². The molecule has 1 saturated heterocycles. The molecule has 1 aliphatic heterocycles. The van der Waals surface area contributed by atoms with E-state index in [2.05, 4.69) is 5.32 Å². The number of urea groups is 1. The van der Waals surface area contributed by atoms with Crippen molar-refractivity contribution in [1.29, 1.82) is 0 Å². The summed E-state index contributed by atoms with van der Waals surface area (Å²) in [6.07, 6.45) is -4.53. The molecule has 0 aliphatic carbocycles. The van der Waals surface area contributed by atoms with Gasteiger partial charge in [0.1, 0.15) is 13.1 Å². The lowest BCUT2D eigenvalue weighted by Crippen LogP contribution is -2.38. The van der Waals surface area contributed by atoms with Gasteiger partial charge in [0.25, 0.3) is 5.91 Å². The maximum Gasteiger partial charge on any atom is 0.416 e. The number of imide groups is 1. The maximum atomic E-state index is 12.8. The van der Waals surface area contributed by atoms with Crippen LogP contribution in [0, 0.1) is 6.92 Å². The van der Waals surface area contributed by atoms with E-state index in [1.807, 2.05) is 0 Å². The molecular formula is C14H14F3N3O3. The first-order chi connectivity index (χ1) is 10.6. The highest BCUT2D eigenvalue weighted by Gasteiger charge is 2.35. The van der Waals surface area contributed by atoms with Crippen molar-refractivity contribution in [2.24, 2.45) is 0 Å². The second-order valence-electron chi connectivity index (χ2n) is 5.19. The van der Waals surface area contributed by atoms with Crippen molar-refractivity contribution in [3.05, 3.63) is 29.3 Å². The Morgan fingerprint density at radius 3 is 2.48 bits per heavy atom. The normalized spacial score (nSPS) is 15.3. The van der Waals surface area contributed by atoms with E-state index in [0.717, 1.165) is 15.9 Å². The summed E-state index contributed by atoms with van der Waals surface area (Å²) in [5, 5.41) is 2.26. The number of hydrogen-bond donors (Lipinski definition) is 1. The minimum Gasteiger partial charge on any atom is -0.325 e. The Morgan fingerprint density at radius 1 is 1.30 bits per heavy atom. The molecule has 0 atom stereocenters. The van der Waals surface area contributed by atoms with E-state index in [-0.39, 0.29) is 17.8 Å². The molecule has 2 rings (SSSR count). The van der Waals surface area contributed by atoms with E-state index in [1.165, 1.54) is 26.1 Å². The van der Waals surface area contributed by atoms with Gasteiger partial charge in [0, 0.05) is 12.7 Å². The van der Waals surface area contributed by atoms with Gasteiger partial charge in [0.2, 0.25) is 5.91 Å². The molecule has 1 aromatic rings. The molecule has 1 aliphatic rings. The van der Waals surface area contributed by atoms with Gasteiger partial charge in [-0.2, -0.15) is 13.2 Å². The summed E-state index contributed by atoms with van der Waals surface area (Å²) in [6, 6.07) is 2.75. The molecule has 124 valence electrons. The van der Waals surface area contributed by atoms with Gasteiger partial charge in [-0.25, -0.2) is 4.79 Å². The van der Waals surface area contributed by atoms with Gasteiger partial charge in [-0.05, 0) is 24.6 Å². The number of carbonyl (C=O) groups is 3. The number of nitrogens with one attached hydrogen (secondary N) is 1. The summed E-state index contributed by atoms with van der Waals surface area (Å²) in [4.78, 5) is 36.9. The molecule has 0 radical (unpaired) electrons. The number of benzene rings is 1. The highest BCUT2D eigenvalue weighted by Crippen LogP contribution is 2.33. The van der Waals surface area contributed by atoms with Gasteiger partial charge < -0.3 is 10.2 Å². The standard InChI is InChI=1S/C14H14F3N3O3/c1-8-3-4-9(5-10(8)14(15,16)17)18-11(21)6-20-12(22)7-19(2)13(20)23/h3-5H,6-7H2,1-2H3,(H,18,21). The monoisotopic (exact) mass is 329 g/mol. The number of rotatable bonds is 3. The lowest BCUT2D eigenvalue weighted by Gasteiger charge is -2.15. The second kappa shape index (κ2) is 5.90. The third-order valence-electron chi connectivity index (χ3n) is 3.36. The third kappa shape index (κ3) is 3.61. The van der Waals surface area contributed by atoms with Crippen molar-refractivity contribution >= 4 is 23.5 Å². The molecule has 0 aromatic heterocycles. The Bertz CT molecular complexity index is 673. The second-order valence-corrected chi connectivity index (χ2v) is 5.19. The van der Waals surface area contributed by atoms with Gasteiger partial charge in [-0.3, -0.25) is 14.5 Å². The van der Waals surface area contributed by atoms with Crippen LogP contribution in [-0.4, -0.2) is 47.8 Å². The summed E-state index contributed by atoms with van der Waals surface area (Å²) in [5.41, 5.74) is -0.884. The van der Waals surface area contributed by atoms with Crippen LogP contribution in [0.4, 0.5) is 23.7 Å². The molecule has 0 bridgehead atoms. The summed E-state index contributed by atoms with van der Waals surface area (Å²) in [5.74, 6) is -1.29. The smallest absolute Gasteiger partial charge is 0.325 e. The first-order valence-electron chi connectivity index (χ1n) is 6.62. The van der Waals surface area contributed by atoms with Crippen LogP contribution >= 0.6 is 0 Å². The van der Waals surface area contributed by atoms with Gasteiger partial charge in [-0.1, -0.05) is 6.07 Å². The molecule has 4 amide bonds. The van der Waals surface area contributed by atoms with E-state index in [0.29, 0.717) is 0 Å². The molecule has 0 saturated carbocycles. The fourth-order valence-corrected chi connectivity index (χ4v) is 2.17. The zero-order chi connectivity index (χ0) is 17.4. The lowest BCUT2D eigenvalue weighted by atomic mass is 10.1. The van der Waals surface area contributed by atoms with Crippen molar-refractivity contribution in [1.82, 2.24) is 9.80 Å². The average molecular weight is 329 g/mol. The Balaban J connectivity index is 2.09. The van der Waals surface area contributed by atoms with Gasteiger partial charge in [0.05, 0.1) is 5.56 Å². The molecular weight excluding hydrogens is 315 g/mol. The molecule has 9 heteroatoms. The van der Waals surface area contributed by atoms with Crippen molar-refractivity contribution in [3.8, 4) is 0 Å². The third-order valence-corrected chi connectivity index (χ3v) is 3.36. The van der Waals surface area contributed by atoms with E-state index >= 15 is 0 Å². The molecule has 23 heavy (non-hydrogen) atoms. The fourth-order valence-electron chi connectivity index (χ4n) is 2.17. The fraction of sp³-hybridized carbons (Fsp3) is 0.357. The van der Waals surface area contributed by atoms with E-state index in [9.17, 15) is 27.6 Å². The molecule has 0 spiro atoms. The molecule has 1 fully saturated rings. The van der Waals surface area contributed by atoms with E-state index in [1.54, 1.807) is 0 Å². The number of anilines is 1. The van der Waals surface area contributed by atoms with Crippen molar-refractivity contribution in [2.75, 3.05) is 25.5 Å². The number of likely N-dealkylation sites (N-methyl/N-ethyl adjacent to an activating group) is 1. The quantitative estimate of drug-likeness (QED) is 0.861. The summed E-state index contributed by atoms with van der Waals surface area (Å²) in [7, 11) is 1.41. The topological polar surface area (TPSA) is 69.7 Å². The Hall–Kier alpha value is -2.58. The molecule has 1 heterocycles. The summed E-state index contributed by atoms with van der Waals surface area (Å²) >= 11 is 0. The van der Waals surface area contributed by atoms with Crippen LogP contribution in [0.2, 0.25) is 0 Å². The van der Waals surface area contributed by atoms with Crippen molar-refractivity contribution in [3.63, 3.8) is 0 Å². The van der Waals surface area contributed by atoms with Crippen molar-refractivity contribution < 1.29 is 27.6 Å². The SMILES string of the molecule is Cc1ccc(NC(=O)CN2C(=O)CN(C)C2=O)cc1C(F)(F)F. The van der Waals surface area contributed by atoms with E-state index < -0.39 is 36.1 Å². The van der Waals surface area contributed by atoms with Crippen LogP contribution in [0.25, 0.3) is 0 Å². The van der Waals surface area contributed by atoms with Crippen LogP contribution in [0.3, 0.4) is 0 Å². The Morgan fingerprint density at radius 2 is 1.96 bits per heavy atom. The Kier molecular flexibility index (Phi) is 4.31.